The summed E-state index contributed by atoms with van der Waals surface area (Å²) in [6, 6.07) is -0.413. The van der Waals surface area contributed by atoms with E-state index in [1.165, 1.54) is 4.90 Å². The molecule has 2 rings (SSSR count). The van der Waals surface area contributed by atoms with Crippen molar-refractivity contribution in [2.45, 2.75) is 18.9 Å². The van der Waals surface area contributed by atoms with Crippen molar-refractivity contribution in [2.75, 3.05) is 7.05 Å². The number of urea groups is 1. The number of hydrogen-bond donors (Lipinski definition) is 1. The Labute approximate surface area is 92.4 Å². The number of carbonyl (C=O) groups is 2. The van der Waals surface area contributed by atoms with Gasteiger partial charge in [0.2, 0.25) is 5.91 Å². The lowest BCUT2D eigenvalue weighted by atomic mass is 9.90. The Morgan fingerprint density at radius 1 is 1.44 bits per heavy atom. The lowest BCUT2D eigenvalue weighted by Gasteiger charge is -2.40. The van der Waals surface area contributed by atoms with Crippen molar-refractivity contribution in [1.82, 2.24) is 25.2 Å². The molecule has 0 radical (unpaired) electrons. The minimum Gasteiger partial charge on any atom is -0.316 e. The van der Waals surface area contributed by atoms with E-state index in [0.29, 0.717) is 5.69 Å². The number of imide groups is 1. The Kier molecular flexibility index (Phi) is 2.18. The third-order valence-corrected chi connectivity index (χ3v) is 2.95. The van der Waals surface area contributed by atoms with Crippen LogP contribution in [0.15, 0.2) is 6.20 Å². The predicted octanol–water partition coefficient (Wildman–Crippen LogP) is -0.398. The van der Waals surface area contributed by atoms with Crippen molar-refractivity contribution >= 4 is 11.9 Å². The third kappa shape index (κ3) is 1.44. The molecule has 86 valence electrons. The van der Waals surface area contributed by atoms with Gasteiger partial charge in [-0.2, -0.15) is 0 Å². The highest BCUT2D eigenvalue weighted by molar-refractivity contribution is 5.97. The highest BCUT2D eigenvalue weighted by Gasteiger charge is 2.43. The summed E-state index contributed by atoms with van der Waals surface area (Å²) in [5.41, 5.74) is -0.117. The normalized spacial score (nSPS) is 25.8. The van der Waals surface area contributed by atoms with E-state index in [1.807, 2.05) is 0 Å². The van der Waals surface area contributed by atoms with E-state index in [2.05, 4.69) is 15.6 Å². The average Bonchev–Trinajstić information content (AvgIpc) is 2.61. The molecule has 1 saturated heterocycles. The number of carbonyl (C=O) groups excluding carboxylic acids is 2. The molecule has 1 aliphatic rings. The molecule has 0 saturated carbocycles. The van der Waals surface area contributed by atoms with Gasteiger partial charge in [-0.3, -0.25) is 14.8 Å². The molecule has 1 aliphatic heterocycles. The van der Waals surface area contributed by atoms with Crippen molar-refractivity contribution in [1.29, 1.82) is 0 Å². The Morgan fingerprint density at radius 3 is 2.69 bits per heavy atom. The van der Waals surface area contributed by atoms with Gasteiger partial charge < -0.3 is 4.90 Å². The van der Waals surface area contributed by atoms with Crippen LogP contribution in [-0.4, -0.2) is 38.9 Å². The maximum absolute atomic E-state index is 11.5. The number of aromatic nitrogens is 3. The van der Waals surface area contributed by atoms with Crippen LogP contribution in [0.25, 0.3) is 0 Å². The van der Waals surface area contributed by atoms with Gasteiger partial charge in [0.25, 0.3) is 0 Å². The van der Waals surface area contributed by atoms with Gasteiger partial charge in [0.05, 0.1) is 18.2 Å². The second kappa shape index (κ2) is 3.29. The SMILES string of the molecule is CN1C(=O)NC(=O)CC1(C)c1cn(C)nn1. The largest absolute Gasteiger partial charge is 0.324 e. The number of nitrogens with one attached hydrogen (secondary N) is 1. The summed E-state index contributed by atoms with van der Waals surface area (Å²) in [4.78, 5) is 24.4. The van der Waals surface area contributed by atoms with Gasteiger partial charge in [-0.25, -0.2) is 4.79 Å². The second-order valence-corrected chi connectivity index (χ2v) is 4.14. The lowest BCUT2D eigenvalue weighted by Crippen LogP contribution is -2.58. The fourth-order valence-corrected chi connectivity index (χ4v) is 1.76. The standard InChI is InChI=1S/C9H13N5O2/c1-9(6-5-13(2)12-11-6)4-7(15)10-8(16)14(9)3/h5H,4H2,1-3H3,(H,10,15,16). The molecule has 0 aromatic carbocycles. The summed E-state index contributed by atoms with van der Waals surface area (Å²) in [6.45, 7) is 1.80. The van der Waals surface area contributed by atoms with Gasteiger partial charge in [-0.1, -0.05) is 5.21 Å². The van der Waals surface area contributed by atoms with Gasteiger partial charge in [0, 0.05) is 14.1 Å². The molecule has 2 heterocycles. The van der Waals surface area contributed by atoms with Crippen LogP contribution in [0, 0.1) is 0 Å². The van der Waals surface area contributed by atoms with Crippen LogP contribution in [0.5, 0.6) is 0 Å². The smallest absolute Gasteiger partial charge is 0.316 e. The van der Waals surface area contributed by atoms with E-state index in [-0.39, 0.29) is 12.3 Å². The van der Waals surface area contributed by atoms with E-state index in [1.54, 1.807) is 31.9 Å². The van der Waals surface area contributed by atoms with Gasteiger partial charge in [-0.05, 0) is 6.92 Å². The summed E-state index contributed by atoms with van der Waals surface area (Å²) >= 11 is 0. The zero-order chi connectivity index (χ0) is 11.9. The second-order valence-electron chi connectivity index (χ2n) is 4.14. The number of hydrogen-bond acceptors (Lipinski definition) is 4. The van der Waals surface area contributed by atoms with E-state index in [4.69, 9.17) is 0 Å². The molecule has 1 fully saturated rings. The third-order valence-electron chi connectivity index (χ3n) is 2.95. The summed E-state index contributed by atoms with van der Waals surface area (Å²) in [6.07, 6.45) is 1.90. The van der Waals surface area contributed by atoms with E-state index < -0.39 is 11.6 Å². The molecule has 7 heteroatoms. The summed E-state index contributed by atoms with van der Waals surface area (Å²) in [5.74, 6) is -0.295. The first-order valence-corrected chi connectivity index (χ1v) is 4.88. The Morgan fingerprint density at radius 2 is 2.12 bits per heavy atom. The molecular weight excluding hydrogens is 210 g/mol. The summed E-state index contributed by atoms with van der Waals surface area (Å²) < 4.78 is 1.55. The molecule has 1 unspecified atom stereocenters. The molecule has 0 aliphatic carbocycles. The van der Waals surface area contributed by atoms with Gasteiger partial charge in [0.15, 0.2) is 0 Å². The zero-order valence-electron chi connectivity index (χ0n) is 9.39. The molecule has 0 bridgehead atoms. The van der Waals surface area contributed by atoms with E-state index >= 15 is 0 Å². The quantitative estimate of drug-likeness (QED) is 0.702. The summed E-state index contributed by atoms with van der Waals surface area (Å²) in [7, 11) is 3.38. The molecule has 0 spiro atoms. The van der Waals surface area contributed by atoms with Crippen LogP contribution in [0.3, 0.4) is 0 Å². The molecule has 7 nitrogen and oxygen atoms in total. The number of rotatable bonds is 1. The Bertz CT molecular complexity index is 455. The maximum atomic E-state index is 11.5. The molecule has 16 heavy (non-hydrogen) atoms. The van der Waals surface area contributed by atoms with Crippen molar-refractivity contribution in [2.24, 2.45) is 7.05 Å². The fourth-order valence-electron chi connectivity index (χ4n) is 1.76. The van der Waals surface area contributed by atoms with Crippen LogP contribution < -0.4 is 5.32 Å². The molecule has 1 aromatic rings. The first-order chi connectivity index (χ1) is 7.43. The molecule has 1 N–H and O–H groups in total. The maximum Gasteiger partial charge on any atom is 0.324 e. The van der Waals surface area contributed by atoms with Crippen LogP contribution in [0.1, 0.15) is 19.0 Å². The fraction of sp³-hybridized carbons (Fsp3) is 0.556. The first-order valence-electron chi connectivity index (χ1n) is 4.88. The molecule has 1 aromatic heterocycles. The van der Waals surface area contributed by atoms with Crippen LogP contribution in [0.4, 0.5) is 4.79 Å². The van der Waals surface area contributed by atoms with Gasteiger partial charge in [-0.15, -0.1) is 5.10 Å². The first kappa shape index (κ1) is 10.6. The van der Waals surface area contributed by atoms with Gasteiger partial charge in [0.1, 0.15) is 5.69 Å². The molecule has 3 amide bonds. The number of amides is 3. The van der Waals surface area contributed by atoms with Crippen molar-refractivity contribution < 1.29 is 9.59 Å². The average molecular weight is 223 g/mol. The number of aryl methyl sites for hydroxylation is 1. The Hall–Kier alpha value is -1.92. The Balaban J connectivity index is 2.42. The number of nitrogens with zero attached hydrogens (tertiary/aromatic N) is 4. The van der Waals surface area contributed by atoms with Crippen LogP contribution in [-0.2, 0) is 17.4 Å². The monoisotopic (exact) mass is 223 g/mol. The van der Waals surface area contributed by atoms with E-state index in [0.717, 1.165) is 0 Å². The van der Waals surface area contributed by atoms with Gasteiger partial charge >= 0.3 is 6.03 Å². The minimum absolute atomic E-state index is 0.188. The van der Waals surface area contributed by atoms with Crippen molar-refractivity contribution in [3.63, 3.8) is 0 Å². The topological polar surface area (TPSA) is 80.1 Å². The minimum atomic E-state index is -0.728. The predicted molar refractivity (Wildman–Crippen MR) is 54.3 cm³/mol. The van der Waals surface area contributed by atoms with Crippen molar-refractivity contribution in [3.05, 3.63) is 11.9 Å². The van der Waals surface area contributed by atoms with Crippen molar-refractivity contribution in [3.8, 4) is 0 Å². The van der Waals surface area contributed by atoms with E-state index in [9.17, 15) is 9.59 Å². The van der Waals surface area contributed by atoms with Crippen LogP contribution in [0.2, 0.25) is 0 Å². The highest BCUT2D eigenvalue weighted by Crippen LogP contribution is 2.31. The summed E-state index contributed by atoms with van der Waals surface area (Å²) in [5, 5.41) is 10.0. The molecule has 1 atom stereocenters. The molecular formula is C9H13N5O2. The van der Waals surface area contributed by atoms with Crippen LogP contribution >= 0.6 is 0 Å². The zero-order valence-corrected chi connectivity index (χ0v) is 9.39. The lowest BCUT2D eigenvalue weighted by molar-refractivity contribution is -0.124. The highest BCUT2D eigenvalue weighted by atomic mass is 16.2.